The van der Waals surface area contributed by atoms with Crippen molar-refractivity contribution in [3.8, 4) is 0 Å². The Labute approximate surface area is 160 Å². The van der Waals surface area contributed by atoms with Crippen LogP contribution < -0.4 is 16.4 Å². The summed E-state index contributed by atoms with van der Waals surface area (Å²) in [6, 6.07) is 3.74. The van der Waals surface area contributed by atoms with E-state index in [0.717, 1.165) is 24.8 Å². The largest absolute Gasteiger partial charge is 0.355 e. The number of hydrogen-bond donors (Lipinski definition) is 3. The second kappa shape index (κ2) is 9.94. The van der Waals surface area contributed by atoms with Gasteiger partial charge in [-0.2, -0.15) is 0 Å². The first-order valence-corrected chi connectivity index (χ1v) is 8.34. The van der Waals surface area contributed by atoms with Crippen LogP contribution in [-0.2, 0) is 16.1 Å². The molecule has 4 atom stereocenters. The number of nitrogens with two attached hydrogens (primary N) is 1. The summed E-state index contributed by atoms with van der Waals surface area (Å²) in [6.45, 7) is 0.816. The smallest absolute Gasteiger partial charge is 0.224 e. The summed E-state index contributed by atoms with van der Waals surface area (Å²) in [5.74, 6) is 0.830. The SMILES string of the molecule is Cl.Cl.NC1C2CCC(C2)C1C(=O)NCCC(=O)NCc1cccnc1. The van der Waals surface area contributed by atoms with Crippen molar-refractivity contribution < 1.29 is 9.59 Å². The lowest BCUT2D eigenvalue weighted by Crippen LogP contribution is -2.45. The third kappa shape index (κ3) is 5.30. The van der Waals surface area contributed by atoms with Crippen LogP contribution in [0.5, 0.6) is 0 Å². The molecule has 2 aliphatic carbocycles. The van der Waals surface area contributed by atoms with Crippen molar-refractivity contribution in [1.82, 2.24) is 15.6 Å². The zero-order valence-corrected chi connectivity index (χ0v) is 15.7. The number of amides is 2. The van der Waals surface area contributed by atoms with Crippen LogP contribution in [0.15, 0.2) is 24.5 Å². The Bertz CT molecular complexity index is 571. The molecular weight excluding hydrogens is 363 g/mol. The fourth-order valence-corrected chi connectivity index (χ4v) is 3.93. The topological polar surface area (TPSA) is 97.1 Å². The van der Waals surface area contributed by atoms with E-state index in [0.29, 0.717) is 24.9 Å². The molecule has 1 aromatic rings. The molecule has 4 unspecified atom stereocenters. The zero-order valence-electron chi connectivity index (χ0n) is 14.0. The van der Waals surface area contributed by atoms with E-state index in [1.807, 2.05) is 12.1 Å². The Kier molecular flexibility index (Phi) is 8.62. The Morgan fingerprint density at radius 2 is 1.96 bits per heavy atom. The van der Waals surface area contributed by atoms with E-state index in [4.69, 9.17) is 5.73 Å². The number of fused-ring (bicyclic) bond motifs is 2. The molecule has 0 saturated heterocycles. The molecule has 3 rings (SSSR count). The quantitative estimate of drug-likeness (QED) is 0.686. The number of nitrogens with one attached hydrogen (secondary N) is 2. The number of carbonyl (C=O) groups excluding carboxylic acids is 2. The van der Waals surface area contributed by atoms with Gasteiger partial charge in [-0.15, -0.1) is 24.8 Å². The highest BCUT2D eigenvalue weighted by atomic mass is 35.5. The molecule has 2 amide bonds. The molecule has 4 N–H and O–H groups in total. The molecular formula is C17H26Cl2N4O2. The number of nitrogens with zero attached hydrogens (tertiary/aromatic N) is 1. The van der Waals surface area contributed by atoms with Gasteiger partial charge in [-0.25, -0.2) is 0 Å². The summed E-state index contributed by atoms with van der Waals surface area (Å²) < 4.78 is 0. The molecule has 2 fully saturated rings. The van der Waals surface area contributed by atoms with Crippen LogP contribution in [0.4, 0.5) is 0 Å². The molecule has 2 aliphatic rings. The van der Waals surface area contributed by atoms with Crippen molar-refractivity contribution in [2.45, 2.75) is 38.3 Å². The minimum Gasteiger partial charge on any atom is -0.355 e. The number of aromatic nitrogens is 1. The van der Waals surface area contributed by atoms with Gasteiger partial charge in [0.05, 0.1) is 5.92 Å². The number of pyridine rings is 1. The second-order valence-corrected chi connectivity index (χ2v) is 6.62. The molecule has 6 nitrogen and oxygen atoms in total. The molecule has 1 aromatic heterocycles. The van der Waals surface area contributed by atoms with Gasteiger partial charge in [0, 0.05) is 37.9 Å². The maximum absolute atomic E-state index is 12.3. The lowest BCUT2D eigenvalue weighted by Gasteiger charge is -2.26. The molecule has 0 spiro atoms. The van der Waals surface area contributed by atoms with Crippen molar-refractivity contribution >= 4 is 36.6 Å². The number of carbonyl (C=O) groups is 2. The first-order valence-electron chi connectivity index (χ1n) is 8.34. The lowest BCUT2D eigenvalue weighted by molar-refractivity contribution is -0.127. The molecule has 1 heterocycles. The minimum absolute atomic E-state index is 0. The number of rotatable bonds is 6. The predicted molar refractivity (Wildman–Crippen MR) is 101 cm³/mol. The highest BCUT2D eigenvalue weighted by Crippen LogP contribution is 2.47. The number of hydrogen-bond acceptors (Lipinski definition) is 4. The van der Waals surface area contributed by atoms with Gasteiger partial charge in [0.2, 0.25) is 11.8 Å². The Hall–Kier alpha value is -1.37. The molecule has 2 saturated carbocycles. The fraction of sp³-hybridized carbons (Fsp3) is 0.588. The maximum atomic E-state index is 12.3. The summed E-state index contributed by atoms with van der Waals surface area (Å²) in [5, 5.41) is 5.70. The highest BCUT2D eigenvalue weighted by molar-refractivity contribution is 5.85. The second-order valence-electron chi connectivity index (χ2n) is 6.62. The normalized spacial score (nSPS) is 26.3. The summed E-state index contributed by atoms with van der Waals surface area (Å²) in [4.78, 5) is 28.1. The van der Waals surface area contributed by atoms with E-state index in [2.05, 4.69) is 15.6 Å². The Balaban J connectivity index is 0.00000156. The van der Waals surface area contributed by atoms with Crippen LogP contribution in [0.1, 0.15) is 31.2 Å². The average Bonchev–Trinajstić information content (AvgIpc) is 3.15. The van der Waals surface area contributed by atoms with Crippen LogP contribution >= 0.6 is 24.8 Å². The molecule has 0 radical (unpaired) electrons. The third-order valence-electron chi connectivity index (χ3n) is 5.15. The van der Waals surface area contributed by atoms with Crippen LogP contribution in [0.3, 0.4) is 0 Å². The van der Waals surface area contributed by atoms with Crippen LogP contribution in [0, 0.1) is 17.8 Å². The van der Waals surface area contributed by atoms with Crippen molar-refractivity contribution in [3.63, 3.8) is 0 Å². The van der Waals surface area contributed by atoms with Crippen LogP contribution in [-0.4, -0.2) is 29.4 Å². The average molecular weight is 389 g/mol. The zero-order chi connectivity index (χ0) is 16.2. The van der Waals surface area contributed by atoms with Gasteiger partial charge in [-0.1, -0.05) is 6.07 Å². The standard InChI is InChI=1S/C17H24N4O2.2ClH/c18-16-13-4-3-12(8-13)15(16)17(23)20-7-5-14(22)21-10-11-2-1-6-19-9-11;;/h1-2,6,9,12-13,15-16H,3-5,7-8,10,18H2,(H,20,23)(H,21,22);2*1H. The fourth-order valence-electron chi connectivity index (χ4n) is 3.93. The summed E-state index contributed by atoms with van der Waals surface area (Å²) >= 11 is 0. The van der Waals surface area contributed by atoms with Gasteiger partial charge in [0.1, 0.15) is 0 Å². The van der Waals surface area contributed by atoms with Crippen molar-refractivity contribution in [3.05, 3.63) is 30.1 Å². The van der Waals surface area contributed by atoms with Crippen molar-refractivity contribution in [2.24, 2.45) is 23.5 Å². The highest BCUT2D eigenvalue weighted by Gasteiger charge is 2.48. The van der Waals surface area contributed by atoms with E-state index < -0.39 is 0 Å². The molecule has 0 aromatic carbocycles. The van der Waals surface area contributed by atoms with E-state index >= 15 is 0 Å². The minimum atomic E-state index is -0.0774. The van der Waals surface area contributed by atoms with E-state index in [1.54, 1.807) is 12.4 Å². The van der Waals surface area contributed by atoms with Crippen molar-refractivity contribution in [2.75, 3.05) is 6.54 Å². The summed E-state index contributed by atoms with van der Waals surface area (Å²) in [6.07, 6.45) is 7.06. The molecule has 140 valence electrons. The summed E-state index contributed by atoms with van der Waals surface area (Å²) in [5.41, 5.74) is 7.12. The van der Waals surface area contributed by atoms with Gasteiger partial charge in [-0.3, -0.25) is 14.6 Å². The van der Waals surface area contributed by atoms with E-state index in [-0.39, 0.29) is 55.0 Å². The Morgan fingerprint density at radius 1 is 1.20 bits per heavy atom. The maximum Gasteiger partial charge on any atom is 0.224 e. The van der Waals surface area contributed by atoms with Gasteiger partial charge in [0.25, 0.3) is 0 Å². The third-order valence-corrected chi connectivity index (χ3v) is 5.15. The van der Waals surface area contributed by atoms with Gasteiger partial charge in [-0.05, 0) is 42.7 Å². The molecule has 25 heavy (non-hydrogen) atoms. The molecule has 8 heteroatoms. The summed E-state index contributed by atoms with van der Waals surface area (Å²) in [7, 11) is 0. The first-order chi connectivity index (χ1) is 11.1. The first kappa shape index (κ1) is 21.7. The van der Waals surface area contributed by atoms with Crippen LogP contribution in [0.25, 0.3) is 0 Å². The van der Waals surface area contributed by atoms with Gasteiger partial charge >= 0.3 is 0 Å². The predicted octanol–water partition coefficient (Wildman–Crippen LogP) is 1.42. The van der Waals surface area contributed by atoms with Crippen molar-refractivity contribution in [1.29, 1.82) is 0 Å². The van der Waals surface area contributed by atoms with Gasteiger partial charge < -0.3 is 16.4 Å². The van der Waals surface area contributed by atoms with Gasteiger partial charge in [0.15, 0.2) is 0 Å². The molecule has 2 bridgehead atoms. The van der Waals surface area contributed by atoms with Crippen LogP contribution in [0.2, 0.25) is 0 Å². The number of halogens is 2. The van der Waals surface area contributed by atoms with E-state index in [9.17, 15) is 9.59 Å². The lowest BCUT2D eigenvalue weighted by atomic mass is 9.84. The Morgan fingerprint density at radius 3 is 2.60 bits per heavy atom. The monoisotopic (exact) mass is 388 g/mol. The molecule has 0 aliphatic heterocycles. The van der Waals surface area contributed by atoms with E-state index in [1.165, 1.54) is 0 Å².